The summed E-state index contributed by atoms with van der Waals surface area (Å²) in [6, 6.07) is 10.7. The van der Waals surface area contributed by atoms with Crippen LogP contribution in [0.4, 0.5) is 5.82 Å². The van der Waals surface area contributed by atoms with Crippen LogP contribution in [-0.2, 0) is 4.79 Å². The van der Waals surface area contributed by atoms with E-state index < -0.39 is 0 Å². The second-order valence-corrected chi connectivity index (χ2v) is 8.23. The van der Waals surface area contributed by atoms with E-state index in [9.17, 15) is 4.79 Å². The third-order valence-corrected chi connectivity index (χ3v) is 6.10. The molecule has 2 N–H and O–H groups in total. The fourth-order valence-electron chi connectivity index (χ4n) is 3.80. The molecule has 1 fully saturated rings. The molecule has 1 aromatic carbocycles. The maximum atomic E-state index is 12.2. The number of thiophene rings is 1. The molecule has 0 radical (unpaired) electrons. The number of anilines is 1. The maximum absolute atomic E-state index is 12.2. The quantitative estimate of drug-likeness (QED) is 0.659. The third kappa shape index (κ3) is 3.95. The van der Waals surface area contributed by atoms with Crippen molar-refractivity contribution in [2.45, 2.75) is 45.1 Å². The summed E-state index contributed by atoms with van der Waals surface area (Å²) in [6.45, 7) is 2.68. The number of benzene rings is 1. The Morgan fingerprint density at radius 2 is 1.96 bits per heavy atom. The molecule has 2 aromatic heterocycles. The highest BCUT2D eigenvalue weighted by Crippen LogP contribution is 2.40. The zero-order valence-corrected chi connectivity index (χ0v) is 16.3. The first-order valence-corrected chi connectivity index (χ1v) is 10.4. The van der Waals surface area contributed by atoms with Crippen molar-refractivity contribution in [3.05, 3.63) is 41.5 Å². The van der Waals surface area contributed by atoms with E-state index >= 15 is 0 Å². The van der Waals surface area contributed by atoms with Gasteiger partial charge in [-0.3, -0.25) is 4.79 Å². The van der Waals surface area contributed by atoms with Crippen molar-refractivity contribution in [1.82, 2.24) is 15.3 Å². The Morgan fingerprint density at radius 1 is 1.19 bits per heavy atom. The molecular formula is C21H24N4OS. The number of fused-ring (bicyclic) bond motifs is 1. The Morgan fingerprint density at radius 3 is 2.74 bits per heavy atom. The van der Waals surface area contributed by atoms with Crippen LogP contribution in [0.2, 0.25) is 0 Å². The van der Waals surface area contributed by atoms with Gasteiger partial charge in [0.05, 0.1) is 5.39 Å². The molecule has 5 nitrogen and oxygen atoms in total. The highest BCUT2D eigenvalue weighted by Gasteiger charge is 2.18. The number of hydrogen-bond donors (Lipinski definition) is 2. The molecule has 0 bridgehead atoms. The van der Waals surface area contributed by atoms with Crippen LogP contribution in [0, 0.1) is 6.92 Å². The second-order valence-electron chi connectivity index (χ2n) is 7.03. The number of aryl methyl sites for hydroxylation is 1. The first kappa shape index (κ1) is 17.9. The monoisotopic (exact) mass is 380 g/mol. The molecule has 4 rings (SSSR count). The van der Waals surface area contributed by atoms with Crippen molar-refractivity contribution in [2.24, 2.45) is 0 Å². The van der Waals surface area contributed by atoms with Gasteiger partial charge in [-0.2, -0.15) is 0 Å². The van der Waals surface area contributed by atoms with Crippen molar-refractivity contribution in [1.29, 1.82) is 0 Å². The summed E-state index contributed by atoms with van der Waals surface area (Å²) in [5, 5.41) is 7.54. The van der Waals surface area contributed by atoms with Crippen LogP contribution in [-0.4, -0.2) is 28.5 Å². The first-order valence-electron chi connectivity index (χ1n) is 9.55. The molecule has 1 aliphatic rings. The predicted octanol–water partition coefficient (Wildman–Crippen LogP) is 4.53. The van der Waals surface area contributed by atoms with E-state index in [-0.39, 0.29) is 5.91 Å². The molecule has 0 saturated heterocycles. The van der Waals surface area contributed by atoms with E-state index in [0.717, 1.165) is 34.4 Å². The Balaban J connectivity index is 1.51. The van der Waals surface area contributed by atoms with Crippen molar-refractivity contribution >= 4 is 33.3 Å². The zero-order chi connectivity index (χ0) is 18.6. The molecule has 2 heterocycles. The second kappa shape index (κ2) is 8.05. The molecule has 1 saturated carbocycles. The van der Waals surface area contributed by atoms with Gasteiger partial charge in [0, 0.05) is 29.4 Å². The molecule has 0 atom stereocenters. The third-order valence-electron chi connectivity index (χ3n) is 5.09. The highest BCUT2D eigenvalue weighted by molar-refractivity contribution is 7.19. The Kier molecular flexibility index (Phi) is 5.34. The number of aromatic nitrogens is 2. The van der Waals surface area contributed by atoms with E-state index in [2.05, 4.69) is 39.7 Å². The lowest BCUT2D eigenvalue weighted by Gasteiger charge is -2.12. The summed E-state index contributed by atoms with van der Waals surface area (Å²) in [6.07, 6.45) is 6.71. The van der Waals surface area contributed by atoms with Crippen LogP contribution >= 0.6 is 11.3 Å². The average molecular weight is 381 g/mol. The maximum Gasteiger partial charge on any atom is 0.221 e. The smallest absolute Gasteiger partial charge is 0.221 e. The van der Waals surface area contributed by atoms with E-state index in [1.807, 2.05) is 18.2 Å². The fourth-order valence-corrected chi connectivity index (χ4v) is 4.81. The van der Waals surface area contributed by atoms with Crippen LogP contribution in [0.25, 0.3) is 21.3 Å². The molecular weight excluding hydrogens is 356 g/mol. The van der Waals surface area contributed by atoms with Crippen LogP contribution in [0.1, 0.15) is 37.0 Å². The van der Waals surface area contributed by atoms with E-state index in [0.29, 0.717) is 19.0 Å². The van der Waals surface area contributed by atoms with Gasteiger partial charge in [-0.25, -0.2) is 9.97 Å². The lowest BCUT2D eigenvalue weighted by molar-refractivity contribution is -0.121. The molecule has 1 aliphatic carbocycles. The van der Waals surface area contributed by atoms with E-state index in [1.54, 1.807) is 17.7 Å². The number of nitrogens with one attached hydrogen (secondary N) is 2. The van der Waals surface area contributed by atoms with Gasteiger partial charge in [0.25, 0.3) is 0 Å². The number of rotatable bonds is 6. The minimum absolute atomic E-state index is 0.115. The van der Waals surface area contributed by atoms with Gasteiger partial charge in [-0.05, 0) is 25.3 Å². The number of carbonyl (C=O) groups is 1. The predicted molar refractivity (Wildman–Crippen MR) is 111 cm³/mol. The molecule has 140 valence electrons. The average Bonchev–Trinajstić information content (AvgIpc) is 3.29. The minimum Gasteiger partial charge on any atom is -0.369 e. The summed E-state index contributed by atoms with van der Waals surface area (Å²) in [4.78, 5) is 23.3. The van der Waals surface area contributed by atoms with Gasteiger partial charge >= 0.3 is 0 Å². The summed E-state index contributed by atoms with van der Waals surface area (Å²) >= 11 is 1.68. The van der Waals surface area contributed by atoms with Crippen LogP contribution in [0.15, 0.2) is 36.7 Å². The molecule has 0 spiro atoms. The van der Waals surface area contributed by atoms with Crippen LogP contribution in [0.3, 0.4) is 0 Å². The molecule has 0 unspecified atom stereocenters. The lowest BCUT2D eigenvalue weighted by atomic mass is 10.0. The summed E-state index contributed by atoms with van der Waals surface area (Å²) < 4.78 is 0. The number of hydrogen-bond acceptors (Lipinski definition) is 5. The number of nitrogens with zero attached hydrogens (tertiary/aromatic N) is 2. The summed E-state index contributed by atoms with van der Waals surface area (Å²) in [5.74, 6) is 0.918. The van der Waals surface area contributed by atoms with Crippen molar-refractivity contribution in [3.63, 3.8) is 0 Å². The van der Waals surface area contributed by atoms with Gasteiger partial charge in [0.15, 0.2) is 0 Å². The zero-order valence-electron chi connectivity index (χ0n) is 15.5. The molecule has 3 aromatic rings. The van der Waals surface area contributed by atoms with Crippen molar-refractivity contribution in [2.75, 3.05) is 11.9 Å². The standard InChI is InChI=1S/C21H24N4OS/c1-14-18(15-7-3-2-4-8-15)19-20(23-13-24-21(19)27-14)22-12-11-17(26)25-16-9-5-6-10-16/h2-4,7-8,13,16H,5-6,9-12H2,1H3,(H,25,26)(H,22,23,24). The molecule has 27 heavy (non-hydrogen) atoms. The summed E-state index contributed by atoms with van der Waals surface area (Å²) in [5.41, 5.74) is 2.34. The highest BCUT2D eigenvalue weighted by atomic mass is 32.1. The molecule has 6 heteroatoms. The minimum atomic E-state index is 0.115. The van der Waals surface area contributed by atoms with E-state index in [4.69, 9.17) is 0 Å². The lowest BCUT2D eigenvalue weighted by Crippen LogP contribution is -2.33. The fraction of sp³-hybridized carbons (Fsp3) is 0.381. The van der Waals surface area contributed by atoms with Gasteiger partial charge in [-0.15, -0.1) is 11.3 Å². The Bertz CT molecular complexity index is 932. The Hall–Kier alpha value is -2.47. The first-order chi connectivity index (χ1) is 13.2. The van der Waals surface area contributed by atoms with Gasteiger partial charge in [-0.1, -0.05) is 43.2 Å². The van der Waals surface area contributed by atoms with Gasteiger partial charge in [0.1, 0.15) is 17.0 Å². The summed E-state index contributed by atoms with van der Waals surface area (Å²) in [7, 11) is 0. The SMILES string of the molecule is Cc1sc2ncnc(NCCC(=O)NC3CCCC3)c2c1-c1ccccc1. The largest absolute Gasteiger partial charge is 0.369 e. The number of amides is 1. The van der Waals surface area contributed by atoms with Gasteiger partial charge in [0.2, 0.25) is 5.91 Å². The topological polar surface area (TPSA) is 66.9 Å². The number of carbonyl (C=O) groups excluding carboxylic acids is 1. The van der Waals surface area contributed by atoms with Gasteiger partial charge < -0.3 is 10.6 Å². The molecule has 1 amide bonds. The van der Waals surface area contributed by atoms with Crippen molar-refractivity contribution in [3.8, 4) is 11.1 Å². The molecule has 0 aliphatic heterocycles. The van der Waals surface area contributed by atoms with Crippen LogP contribution < -0.4 is 10.6 Å². The normalized spacial score (nSPS) is 14.6. The van der Waals surface area contributed by atoms with Crippen LogP contribution in [0.5, 0.6) is 0 Å². The van der Waals surface area contributed by atoms with Crippen molar-refractivity contribution < 1.29 is 4.79 Å². The van der Waals surface area contributed by atoms with E-state index in [1.165, 1.54) is 23.3 Å². The Labute approximate surface area is 163 Å².